The van der Waals surface area contributed by atoms with Gasteiger partial charge < -0.3 is 5.32 Å². The Morgan fingerprint density at radius 1 is 1.38 bits per heavy atom. The predicted molar refractivity (Wildman–Crippen MR) is 59.8 cm³/mol. The number of carbonyl (C=O) groups excluding carboxylic acids is 1. The smallest absolute Gasteiger partial charge is 0.251 e. The first-order valence-corrected chi connectivity index (χ1v) is 5.15. The van der Waals surface area contributed by atoms with E-state index in [-0.39, 0.29) is 5.91 Å². The number of hydrogen-bond donors (Lipinski definition) is 1. The molecule has 4 nitrogen and oxygen atoms in total. The van der Waals surface area contributed by atoms with E-state index in [2.05, 4.69) is 10.4 Å². The standard InChI is InChI=1S/C12H11N3O/c1-15-5-4-11(14-15)8-2-3-9-7-13-12(16)10(9)6-8/h2-6H,7H2,1H3,(H,13,16). The van der Waals surface area contributed by atoms with Gasteiger partial charge in [-0.05, 0) is 17.7 Å². The number of fused-ring (bicyclic) bond motifs is 1. The predicted octanol–water partition coefficient (Wildman–Crippen LogP) is 1.33. The fraction of sp³-hybridized carbons (Fsp3) is 0.167. The van der Waals surface area contributed by atoms with Gasteiger partial charge in [0.05, 0.1) is 5.69 Å². The van der Waals surface area contributed by atoms with Crippen LogP contribution in [0.1, 0.15) is 15.9 Å². The maximum Gasteiger partial charge on any atom is 0.251 e. The third-order valence-corrected chi connectivity index (χ3v) is 2.80. The Balaban J connectivity index is 2.10. The van der Waals surface area contributed by atoms with Gasteiger partial charge in [0, 0.05) is 30.9 Å². The molecule has 0 saturated heterocycles. The minimum Gasteiger partial charge on any atom is -0.348 e. The lowest BCUT2D eigenvalue weighted by Crippen LogP contribution is -2.12. The van der Waals surface area contributed by atoms with Gasteiger partial charge in [-0.25, -0.2) is 0 Å². The molecular weight excluding hydrogens is 202 g/mol. The third-order valence-electron chi connectivity index (χ3n) is 2.80. The topological polar surface area (TPSA) is 46.9 Å². The number of rotatable bonds is 1. The molecule has 1 aromatic carbocycles. The highest BCUT2D eigenvalue weighted by atomic mass is 16.1. The number of hydrogen-bond acceptors (Lipinski definition) is 2. The first kappa shape index (κ1) is 9.15. The molecule has 0 bridgehead atoms. The Kier molecular flexibility index (Phi) is 1.83. The average Bonchev–Trinajstić information content (AvgIpc) is 2.86. The second kappa shape index (κ2) is 3.20. The summed E-state index contributed by atoms with van der Waals surface area (Å²) < 4.78 is 1.75. The van der Waals surface area contributed by atoms with Gasteiger partial charge in [0.1, 0.15) is 0 Å². The van der Waals surface area contributed by atoms with Crippen LogP contribution in [-0.2, 0) is 13.6 Å². The lowest BCUT2D eigenvalue weighted by Gasteiger charge is -1.99. The van der Waals surface area contributed by atoms with Gasteiger partial charge in [0.25, 0.3) is 5.91 Å². The highest BCUT2D eigenvalue weighted by Gasteiger charge is 2.19. The SMILES string of the molecule is Cn1ccc(-c2ccc3c(c2)C(=O)NC3)n1. The number of aryl methyl sites for hydroxylation is 1. The molecule has 0 saturated carbocycles. The van der Waals surface area contributed by atoms with Crippen LogP contribution in [0.25, 0.3) is 11.3 Å². The van der Waals surface area contributed by atoms with E-state index in [9.17, 15) is 4.79 Å². The van der Waals surface area contributed by atoms with Crippen molar-refractivity contribution in [1.82, 2.24) is 15.1 Å². The second-order valence-corrected chi connectivity index (χ2v) is 3.93. The average molecular weight is 213 g/mol. The van der Waals surface area contributed by atoms with Crippen LogP contribution in [0, 0.1) is 0 Å². The third kappa shape index (κ3) is 1.31. The van der Waals surface area contributed by atoms with Gasteiger partial charge in [-0.3, -0.25) is 9.48 Å². The van der Waals surface area contributed by atoms with Crippen LogP contribution in [0.15, 0.2) is 30.5 Å². The summed E-state index contributed by atoms with van der Waals surface area (Å²) in [5.41, 5.74) is 3.70. The summed E-state index contributed by atoms with van der Waals surface area (Å²) in [6, 6.07) is 7.83. The van der Waals surface area contributed by atoms with Gasteiger partial charge in [-0.15, -0.1) is 0 Å². The van der Waals surface area contributed by atoms with Gasteiger partial charge >= 0.3 is 0 Å². The van der Waals surface area contributed by atoms with E-state index in [1.54, 1.807) is 4.68 Å². The molecule has 1 aromatic heterocycles. The first-order chi connectivity index (χ1) is 7.74. The number of nitrogens with zero attached hydrogens (tertiary/aromatic N) is 2. The molecule has 4 heteroatoms. The van der Waals surface area contributed by atoms with E-state index < -0.39 is 0 Å². The van der Waals surface area contributed by atoms with E-state index in [1.165, 1.54) is 0 Å². The summed E-state index contributed by atoms with van der Waals surface area (Å²) in [4.78, 5) is 11.5. The zero-order valence-corrected chi connectivity index (χ0v) is 8.90. The Hall–Kier alpha value is -2.10. The summed E-state index contributed by atoms with van der Waals surface area (Å²) in [5.74, 6) is 0.00720. The molecule has 16 heavy (non-hydrogen) atoms. The van der Waals surface area contributed by atoms with Crippen molar-refractivity contribution in [2.45, 2.75) is 6.54 Å². The summed E-state index contributed by atoms with van der Waals surface area (Å²) in [7, 11) is 1.88. The molecule has 0 aliphatic carbocycles. The molecule has 0 spiro atoms. The zero-order valence-electron chi connectivity index (χ0n) is 8.90. The van der Waals surface area contributed by atoms with Gasteiger partial charge in [-0.1, -0.05) is 12.1 Å². The maximum atomic E-state index is 11.5. The molecule has 80 valence electrons. The minimum atomic E-state index is 0.00720. The van der Waals surface area contributed by atoms with Crippen molar-refractivity contribution in [3.8, 4) is 11.3 Å². The number of aromatic nitrogens is 2. The van der Waals surface area contributed by atoms with Crippen LogP contribution in [0.2, 0.25) is 0 Å². The number of nitrogens with one attached hydrogen (secondary N) is 1. The molecule has 1 N–H and O–H groups in total. The van der Waals surface area contributed by atoms with Crippen LogP contribution >= 0.6 is 0 Å². The highest BCUT2D eigenvalue weighted by molar-refractivity contribution is 5.99. The molecule has 3 rings (SSSR count). The summed E-state index contributed by atoms with van der Waals surface area (Å²) in [6.45, 7) is 0.636. The molecule has 1 aliphatic rings. The molecule has 2 aromatic rings. The van der Waals surface area contributed by atoms with Crippen molar-refractivity contribution >= 4 is 5.91 Å². The van der Waals surface area contributed by atoms with Crippen molar-refractivity contribution in [2.24, 2.45) is 7.05 Å². The van der Waals surface area contributed by atoms with Crippen molar-refractivity contribution in [3.05, 3.63) is 41.6 Å². The largest absolute Gasteiger partial charge is 0.348 e. The van der Waals surface area contributed by atoms with E-state index >= 15 is 0 Å². The molecule has 0 radical (unpaired) electrons. The van der Waals surface area contributed by atoms with E-state index in [0.717, 1.165) is 22.4 Å². The Labute approximate surface area is 92.9 Å². The van der Waals surface area contributed by atoms with Gasteiger partial charge in [-0.2, -0.15) is 5.10 Å². The van der Waals surface area contributed by atoms with Crippen molar-refractivity contribution < 1.29 is 4.79 Å². The zero-order chi connectivity index (χ0) is 11.1. The van der Waals surface area contributed by atoms with Crippen LogP contribution in [0.4, 0.5) is 0 Å². The van der Waals surface area contributed by atoms with E-state index in [1.807, 2.05) is 37.5 Å². The number of amides is 1. The quantitative estimate of drug-likeness (QED) is 0.776. The monoisotopic (exact) mass is 213 g/mol. The second-order valence-electron chi connectivity index (χ2n) is 3.93. The summed E-state index contributed by atoms with van der Waals surface area (Å²) >= 11 is 0. The van der Waals surface area contributed by atoms with Crippen LogP contribution < -0.4 is 5.32 Å². The summed E-state index contributed by atoms with van der Waals surface area (Å²) in [6.07, 6.45) is 1.89. The highest BCUT2D eigenvalue weighted by Crippen LogP contribution is 2.23. The summed E-state index contributed by atoms with van der Waals surface area (Å²) in [5, 5.41) is 7.12. The Bertz CT molecular complexity index is 571. The van der Waals surface area contributed by atoms with Crippen LogP contribution in [-0.4, -0.2) is 15.7 Å². The van der Waals surface area contributed by atoms with Crippen molar-refractivity contribution in [2.75, 3.05) is 0 Å². The Morgan fingerprint density at radius 3 is 3.00 bits per heavy atom. The normalized spacial score (nSPS) is 13.7. The minimum absolute atomic E-state index is 0.00720. The molecular formula is C12H11N3O. The van der Waals surface area contributed by atoms with Crippen molar-refractivity contribution in [1.29, 1.82) is 0 Å². The fourth-order valence-electron chi connectivity index (χ4n) is 1.94. The van der Waals surface area contributed by atoms with Crippen LogP contribution in [0.3, 0.4) is 0 Å². The van der Waals surface area contributed by atoms with Gasteiger partial charge in [0.15, 0.2) is 0 Å². The van der Waals surface area contributed by atoms with Gasteiger partial charge in [0.2, 0.25) is 0 Å². The maximum absolute atomic E-state index is 11.5. The fourth-order valence-corrected chi connectivity index (χ4v) is 1.94. The first-order valence-electron chi connectivity index (χ1n) is 5.15. The van der Waals surface area contributed by atoms with Crippen molar-refractivity contribution in [3.63, 3.8) is 0 Å². The number of carbonyl (C=O) groups is 1. The van der Waals surface area contributed by atoms with Crippen LogP contribution in [0.5, 0.6) is 0 Å². The van der Waals surface area contributed by atoms with E-state index in [0.29, 0.717) is 6.54 Å². The van der Waals surface area contributed by atoms with E-state index in [4.69, 9.17) is 0 Å². The lowest BCUT2D eigenvalue weighted by molar-refractivity contribution is 0.0966. The molecule has 1 aliphatic heterocycles. The molecule has 0 atom stereocenters. The molecule has 0 unspecified atom stereocenters. The molecule has 0 fully saturated rings. The number of benzene rings is 1. The molecule has 1 amide bonds. The Morgan fingerprint density at radius 2 is 2.25 bits per heavy atom. The molecule has 2 heterocycles. The lowest BCUT2D eigenvalue weighted by atomic mass is 10.0.